The molecule has 6 nitrogen and oxygen atoms in total. The molecule has 9 heteroatoms. The number of Topliss-reactive ketones (excluding diaryl/α,β-unsaturated/α-hetero) is 1. The van der Waals surface area contributed by atoms with Gasteiger partial charge in [-0.1, -0.05) is 36.1 Å². The topological polar surface area (TPSA) is 84.0 Å². The second kappa shape index (κ2) is 11.2. The maximum Gasteiger partial charge on any atom is 0.224 e. The van der Waals surface area contributed by atoms with E-state index in [2.05, 4.69) is 32.3 Å². The average molecular weight is 461 g/mol. The molecule has 158 valence electrons. The number of rotatable bonds is 11. The lowest BCUT2D eigenvalue weighted by molar-refractivity contribution is -0.116. The number of amides is 1. The summed E-state index contributed by atoms with van der Waals surface area (Å²) in [7, 11) is 0. The van der Waals surface area contributed by atoms with Crippen LogP contribution in [0.15, 0.2) is 46.1 Å². The number of aromatic nitrogens is 2. The van der Waals surface area contributed by atoms with Crippen LogP contribution in [0, 0.1) is 0 Å². The van der Waals surface area contributed by atoms with Gasteiger partial charge in [0, 0.05) is 29.1 Å². The van der Waals surface area contributed by atoms with Crippen molar-refractivity contribution in [2.24, 2.45) is 0 Å². The lowest BCUT2D eigenvalue weighted by Crippen LogP contribution is -2.14. The molecule has 3 rings (SSSR count). The van der Waals surface area contributed by atoms with Gasteiger partial charge in [0.15, 0.2) is 10.1 Å². The summed E-state index contributed by atoms with van der Waals surface area (Å²) in [6.45, 7) is 4.63. The molecule has 2 heterocycles. The summed E-state index contributed by atoms with van der Waals surface area (Å²) < 4.78 is 0.762. The molecule has 1 atom stereocenters. The second-order valence-corrected chi connectivity index (χ2v) is 10.2. The van der Waals surface area contributed by atoms with Gasteiger partial charge in [0.2, 0.25) is 11.0 Å². The van der Waals surface area contributed by atoms with Gasteiger partial charge in [-0.25, -0.2) is 0 Å². The first-order chi connectivity index (χ1) is 14.5. The highest BCUT2D eigenvalue weighted by molar-refractivity contribution is 8.02. The van der Waals surface area contributed by atoms with Crippen molar-refractivity contribution in [2.45, 2.75) is 42.7 Å². The normalized spacial score (nSPS) is 11.8. The van der Waals surface area contributed by atoms with E-state index in [1.165, 1.54) is 28.0 Å². The lowest BCUT2D eigenvalue weighted by Gasteiger charge is -2.09. The molecule has 0 aliphatic heterocycles. The van der Waals surface area contributed by atoms with Crippen molar-refractivity contribution >= 4 is 56.9 Å². The maximum atomic E-state index is 12.7. The second-order valence-electron chi connectivity index (χ2n) is 6.63. The van der Waals surface area contributed by atoms with Crippen molar-refractivity contribution in [1.82, 2.24) is 10.2 Å². The maximum absolute atomic E-state index is 12.7. The molecule has 0 saturated heterocycles. The predicted molar refractivity (Wildman–Crippen MR) is 126 cm³/mol. The van der Waals surface area contributed by atoms with Gasteiger partial charge in [-0.05, 0) is 55.5 Å². The first kappa shape index (κ1) is 22.5. The number of nitrogens with one attached hydrogen (secondary N) is 2. The molecule has 0 aliphatic rings. The van der Waals surface area contributed by atoms with Gasteiger partial charge in [-0.3, -0.25) is 9.59 Å². The third-order valence-electron chi connectivity index (χ3n) is 4.21. The van der Waals surface area contributed by atoms with Crippen molar-refractivity contribution in [3.8, 4) is 0 Å². The van der Waals surface area contributed by atoms with Crippen molar-refractivity contribution in [1.29, 1.82) is 0 Å². The summed E-state index contributed by atoms with van der Waals surface area (Å²) in [5, 5.41) is 17.0. The van der Waals surface area contributed by atoms with Crippen molar-refractivity contribution in [3.63, 3.8) is 0 Å². The Balaban J connectivity index is 1.49. The van der Waals surface area contributed by atoms with E-state index in [9.17, 15) is 9.59 Å². The number of ketones is 1. The number of carbonyl (C=O) groups is 2. The fourth-order valence-electron chi connectivity index (χ4n) is 2.68. The molecular weight excluding hydrogens is 436 g/mol. The molecule has 3 aromatic rings. The first-order valence-electron chi connectivity index (χ1n) is 9.75. The molecular formula is C21H24N4O2S3. The van der Waals surface area contributed by atoms with Crippen LogP contribution in [-0.2, 0) is 11.2 Å². The highest BCUT2D eigenvalue weighted by atomic mass is 32.2. The minimum atomic E-state index is -0.280. The van der Waals surface area contributed by atoms with Gasteiger partial charge in [0.05, 0.1) is 5.25 Å². The first-order valence-corrected chi connectivity index (χ1v) is 12.3. The van der Waals surface area contributed by atoms with Gasteiger partial charge >= 0.3 is 0 Å². The molecule has 1 unspecified atom stereocenters. The van der Waals surface area contributed by atoms with Gasteiger partial charge in [-0.2, -0.15) is 0 Å². The molecule has 0 bridgehead atoms. The number of nitrogens with zero attached hydrogens (tertiary/aromatic N) is 2. The summed E-state index contributed by atoms with van der Waals surface area (Å²) in [4.78, 5) is 25.7. The number of hydrogen-bond donors (Lipinski definition) is 2. The smallest absolute Gasteiger partial charge is 0.224 e. The Morgan fingerprint density at radius 1 is 1.17 bits per heavy atom. The Hall–Kier alpha value is -2.23. The molecule has 1 amide bonds. The van der Waals surface area contributed by atoms with Gasteiger partial charge < -0.3 is 10.6 Å². The summed E-state index contributed by atoms with van der Waals surface area (Å²) in [6.07, 6.45) is 2.24. The van der Waals surface area contributed by atoms with E-state index in [-0.39, 0.29) is 16.9 Å². The molecule has 2 aromatic heterocycles. The minimum absolute atomic E-state index is 0.0171. The van der Waals surface area contributed by atoms with Crippen LogP contribution in [0.5, 0.6) is 0 Å². The van der Waals surface area contributed by atoms with Crippen LogP contribution >= 0.6 is 34.4 Å². The van der Waals surface area contributed by atoms with Gasteiger partial charge in [-0.15, -0.1) is 21.5 Å². The van der Waals surface area contributed by atoms with Crippen LogP contribution in [0.3, 0.4) is 0 Å². The predicted octanol–water partition coefficient (Wildman–Crippen LogP) is 5.36. The van der Waals surface area contributed by atoms with E-state index in [4.69, 9.17) is 0 Å². The fourth-order valence-corrected chi connectivity index (χ4v) is 5.39. The SMILES string of the molecule is CCCC(=O)Nc1ccc(C(=O)C(C)Sc2nnc(NCCc3cccs3)s2)cc1. The molecule has 2 N–H and O–H groups in total. The Kier molecular flexibility index (Phi) is 8.41. The van der Waals surface area contributed by atoms with E-state index >= 15 is 0 Å². The van der Waals surface area contributed by atoms with E-state index in [0.717, 1.165) is 28.9 Å². The van der Waals surface area contributed by atoms with Crippen molar-refractivity contribution in [3.05, 3.63) is 52.2 Å². The van der Waals surface area contributed by atoms with Gasteiger partial charge in [0.1, 0.15) is 0 Å². The van der Waals surface area contributed by atoms with Crippen LogP contribution in [-0.4, -0.2) is 33.7 Å². The quantitative estimate of drug-likeness (QED) is 0.296. The molecule has 0 saturated carbocycles. The third kappa shape index (κ3) is 6.65. The van der Waals surface area contributed by atoms with E-state index in [0.29, 0.717) is 17.7 Å². The number of thiophene rings is 1. The van der Waals surface area contributed by atoms with Gasteiger partial charge in [0.25, 0.3) is 0 Å². The van der Waals surface area contributed by atoms with Crippen LogP contribution < -0.4 is 10.6 Å². The zero-order chi connectivity index (χ0) is 21.3. The Morgan fingerprint density at radius 2 is 1.97 bits per heavy atom. The highest BCUT2D eigenvalue weighted by Crippen LogP contribution is 2.30. The average Bonchev–Trinajstić information content (AvgIpc) is 3.40. The molecule has 1 aromatic carbocycles. The number of hydrogen-bond acceptors (Lipinski definition) is 8. The van der Waals surface area contributed by atoms with Crippen LogP contribution in [0.25, 0.3) is 0 Å². The van der Waals surface area contributed by atoms with E-state index < -0.39 is 0 Å². The van der Waals surface area contributed by atoms with E-state index in [1.807, 2.05) is 19.9 Å². The molecule has 30 heavy (non-hydrogen) atoms. The van der Waals surface area contributed by atoms with Crippen LogP contribution in [0.2, 0.25) is 0 Å². The minimum Gasteiger partial charge on any atom is -0.360 e. The van der Waals surface area contributed by atoms with Crippen molar-refractivity contribution in [2.75, 3.05) is 17.2 Å². The molecule has 0 fully saturated rings. The number of anilines is 2. The number of benzene rings is 1. The monoisotopic (exact) mass is 460 g/mol. The summed E-state index contributed by atoms with van der Waals surface area (Å²) in [6, 6.07) is 11.2. The number of thioether (sulfide) groups is 1. The summed E-state index contributed by atoms with van der Waals surface area (Å²) in [5.41, 5.74) is 1.31. The Bertz CT molecular complexity index is 955. The standard InChI is InChI=1S/C21H24N4O2S3/c1-3-5-18(26)23-16-9-7-15(8-10-16)19(27)14(2)29-21-25-24-20(30-21)22-12-11-17-6-4-13-28-17/h4,6-10,13-14H,3,5,11-12H2,1-2H3,(H,22,24)(H,23,26). The van der Waals surface area contributed by atoms with Crippen LogP contribution in [0.1, 0.15) is 41.9 Å². The highest BCUT2D eigenvalue weighted by Gasteiger charge is 2.19. The molecule has 0 radical (unpaired) electrons. The fraction of sp³-hybridized carbons (Fsp3) is 0.333. The summed E-state index contributed by atoms with van der Waals surface area (Å²) >= 11 is 4.61. The Labute approximate surface area is 188 Å². The van der Waals surface area contributed by atoms with Crippen molar-refractivity contribution < 1.29 is 9.59 Å². The molecule has 0 aliphatic carbocycles. The largest absolute Gasteiger partial charge is 0.360 e. The zero-order valence-corrected chi connectivity index (χ0v) is 19.3. The Morgan fingerprint density at radius 3 is 2.67 bits per heavy atom. The molecule has 0 spiro atoms. The third-order valence-corrected chi connectivity index (χ3v) is 7.21. The van der Waals surface area contributed by atoms with Crippen LogP contribution in [0.4, 0.5) is 10.8 Å². The summed E-state index contributed by atoms with van der Waals surface area (Å²) in [5.74, 6) is 0.00501. The van der Waals surface area contributed by atoms with E-state index in [1.54, 1.807) is 35.6 Å². The zero-order valence-electron chi connectivity index (χ0n) is 16.9. The number of carbonyl (C=O) groups excluding carboxylic acids is 2. The lowest BCUT2D eigenvalue weighted by atomic mass is 10.1.